The maximum atomic E-state index is 11.9. The predicted octanol–water partition coefficient (Wildman–Crippen LogP) is -0.138. The lowest BCUT2D eigenvalue weighted by atomic mass is 10.2. The zero-order valence-corrected chi connectivity index (χ0v) is 14.8. The minimum Gasteiger partial charge on any atom is -0.353 e. The molecule has 0 aliphatic carbocycles. The fraction of sp³-hybridized carbons (Fsp3) is 0.812. The fourth-order valence-corrected chi connectivity index (χ4v) is 2.18. The van der Waals surface area contributed by atoms with Gasteiger partial charge in [-0.3, -0.25) is 14.5 Å². The van der Waals surface area contributed by atoms with Crippen LogP contribution in [0, 0.1) is 0 Å². The van der Waals surface area contributed by atoms with Gasteiger partial charge in [-0.15, -0.1) is 0 Å². The fourth-order valence-electron chi connectivity index (χ4n) is 2.18. The average Bonchev–Trinajstić information content (AvgIpc) is 2.55. The third-order valence-electron chi connectivity index (χ3n) is 3.52. The van der Waals surface area contributed by atoms with Crippen LogP contribution in [0.2, 0.25) is 0 Å². The zero-order chi connectivity index (χ0) is 17.5. The SMILES string of the molecule is CCCN(CCNC(=O)CN(CC)CCNC)C(=O)CCC=O. The van der Waals surface area contributed by atoms with Crippen LogP contribution in [0.4, 0.5) is 0 Å². The van der Waals surface area contributed by atoms with E-state index in [4.69, 9.17) is 0 Å². The lowest BCUT2D eigenvalue weighted by molar-refractivity contribution is -0.132. The Balaban J connectivity index is 4.13. The van der Waals surface area contributed by atoms with Crippen molar-refractivity contribution in [3.8, 4) is 0 Å². The zero-order valence-electron chi connectivity index (χ0n) is 14.8. The molecule has 0 aliphatic heterocycles. The number of rotatable bonds is 14. The van der Waals surface area contributed by atoms with Gasteiger partial charge < -0.3 is 20.3 Å². The number of amides is 2. The lowest BCUT2D eigenvalue weighted by Gasteiger charge is -2.23. The van der Waals surface area contributed by atoms with Crippen LogP contribution in [-0.4, -0.2) is 80.8 Å². The molecule has 134 valence electrons. The predicted molar refractivity (Wildman–Crippen MR) is 91.2 cm³/mol. The van der Waals surface area contributed by atoms with Crippen molar-refractivity contribution in [2.45, 2.75) is 33.1 Å². The molecule has 0 saturated carbocycles. The molecule has 0 fully saturated rings. The molecule has 0 aromatic rings. The van der Waals surface area contributed by atoms with Gasteiger partial charge in [-0.1, -0.05) is 13.8 Å². The highest BCUT2D eigenvalue weighted by atomic mass is 16.2. The van der Waals surface area contributed by atoms with Crippen LogP contribution in [0.3, 0.4) is 0 Å². The summed E-state index contributed by atoms with van der Waals surface area (Å²) in [6, 6.07) is 0. The van der Waals surface area contributed by atoms with Gasteiger partial charge in [0.25, 0.3) is 0 Å². The van der Waals surface area contributed by atoms with E-state index in [0.717, 1.165) is 32.3 Å². The lowest BCUT2D eigenvalue weighted by Crippen LogP contribution is -2.43. The Morgan fingerprint density at radius 3 is 2.39 bits per heavy atom. The largest absolute Gasteiger partial charge is 0.353 e. The Labute approximate surface area is 139 Å². The number of hydrogen-bond acceptors (Lipinski definition) is 5. The van der Waals surface area contributed by atoms with Crippen LogP contribution >= 0.6 is 0 Å². The molecule has 0 aliphatic rings. The van der Waals surface area contributed by atoms with E-state index in [2.05, 4.69) is 15.5 Å². The van der Waals surface area contributed by atoms with E-state index in [1.54, 1.807) is 4.90 Å². The van der Waals surface area contributed by atoms with Gasteiger partial charge in [0.05, 0.1) is 6.54 Å². The monoisotopic (exact) mass is 328 g/mol. The van der Waals surface area contributed by atoms with Crippen molar-refractivity contribution in [1.82, 2.24) is 20.4 Å². The van der Waals surface area contributed by atoms with Crippen molar-refractivity contribution in [3.05, 3.63) is 0 Å². The molecule has 0 bridgehead atoms. The van der Waals surface area contributed by atoms with Crippen LogP contribution in [0.1, 0.15) is 33.1 Å². The molecule has 7 nitrogen and oxygen atoms in total. The molecular weight excluding hydrogens is 296 g/mol. The van der Waals surface area contributed by atoms with Gasteiger partial charge in [-0.25, -0.2) is 0 Å². The molecule has 0 aromatic heterocycles. The Morgan fingerprint density at radius 2 is 1.83 bits per heavy atom. The van der Waals surface area contributed by atoms with Crippen molar-refractivity contribution < 1.29 is 14.4 Å². The second-order valence-electron chi connectivity index (χ2n) is 5.41. The molecule has 0 heterocycles. The molecule has 2 N–H and O–H groups in total. The summed E-state index contributed by atoms with van der Waals surface area (Å²) in [7, 11) is 1.89. The minimum atomic E-state index is -0.0302. The number of likely N-dealkylation sites (N-methyl/N-ethyl adjacent to an activating group) is 2. The first-order valence-electron chi connectivity index (χ1n) is 8.44. The van der Waals surface area contributed by atoms with Gasteiger partial charge in [0.1, 0.15) is 6.29 Å². The van der Waals surface area contributed by atoms with Gasteiger partial charge in [0.2, 0.25) is 11.8 Å². The first-order chi connectivity index (χ1) is 11.1. The number of nitrogens with zero attached hydrogens (tertiary/aromatic N) is 2. The molecule has 7 heteroatoms. The smallest absolute Gasteiger partial charge is 0.234 e. The summed E-state index contributed by atoms with van der Waals surface area (Å²) in [6.45, 7) is 8.46. The first kappa shape index (κ1) is 21.5. The molecule has 0 rings (SSSR count). The molecule has 2 amide bonds. The van der Waals surface area contributed by atoms with Crippen molar-refractivity contribution in [2.24, 2.45) is 0 Å². The Kier molecular flexibility index (Phi) is 13.2. The highest BCUT2D eigenvalue weighted by Crippen LogP contribution is 1.98. The minimum absolute atomic E-state index is 0.0280. The maximum absolute atomic E-state index is 11.9. The summed E-state index contributed by atoms with van der Waals surface area (Å²) >= 11 is 0. The van der Waals surface area contributed by atoms with E-state index in [0.29, 0.717) is 26.2 Å². The van der Waals surface area contributed by atoms with Gasteiger partial charge in [0, 0.05) is 45.6 Å². The maximum Gasteiger partial charge on any atom is 0.234 e. The van der Waals surface area contributed by atoms with Crippen LogP contribution < -0.4 is 10.6 Å². The van der Waals surface area contributed by atoms with Gasteiger partial charge >= 0.3 is 0 Å². The molecule has 23 heavy (non-hydrogen) atoms. The number of aldehydes is 1. The standard InChI is InChI=1S/C16H32N4O3/c1-4-10-20(16(23)7-6-13-21)12-9-18-15(22)14-19(5-2)11-8-17-3/h13,17H,4-12,14H2,1-3H3,(H,18,22). The second kappa shape index (κ2) is 14.1. The molecule has 0 radical (unpaired) electrons. The van der Waals surface area contributed by atoms with E-state index in [-0.39, 0.29) is 24.7 Å². The van der Waals surface area contributed by atoms with Crippen molar-refractivity contribution >= 4 is 18.1 Å². The van der Waals surface area contributed by atoms with Gasteiger partial charge in [0.15, 0.2) is 0 Å². The van der Waals surface area contributed by atoms with Crippen molar-refractivity contribution in [3.63, 3.8) is 0 Å². The first-order valence-corrected chi connectivity index (χ1v) is 8.44. The second-order valence-corrected chi connectivity index (χ2v) is 5.41. The summed E-state index contributed by atoms with van der Waals surface area (Å²) in [6.07, 6.45) is 2.11. The highest BCUT2D eigenvalue weighted by molar-refractivity contribution is 5.79. The van der Waals surface area contributed by atoms with Gasteiger partial charge in [-0.2, -0.15) is 0 Å². The summed E-state index contributed by atoms with van der Waals surface area (Å²) < 4.78 is 0. The molecule has 0 atom stereocenters. The summed E-state index contributed by atoms with van der Waals surface area (Å²) in [4.78, 5) is 38.0. The highest BCUT2D eigenvalue weighted by Gasteiger charge is 2.13. The van der Waals surface area contributed by atoms with E-state index in [1.807, 2.05) is 20.9 Å². The number of nitrogens with one attached hydrogen (secondary N) is 2. The van der Waals surface area contributed by atoms with Crippen LogP contribution in [0.25, 0.3) is 0 Å². The van der Waals surface area contributed by atoms with Crippen LogP contribution in [-0.2, 0) is 14.4 Å². The quantitative estimate of drug-likeness (QED) is 0.434. The Bertz CT molecular complexity index is 350. The number of carbonyl (C=O) groups is 3. The average molecular weight is 328 g/mol. The third-order valence-corrected chi connectivity index (χ3v) is 3.52. The van der Waals surface area contributed by atoms with E-state index < -0.39 is 0 Å². The number of carbonyl (C=O) groups excluding carboxylic acids is 3. The van der Waals surface area contributed by atoms with Crippen LogP contribution in [0.15, 0.2) is 0 Å². The van der Waals surface area contributed by atoms with Gasteiger partial charge in [-0.05, 0) is 20.0 Å². The van der Waals surface area contributed by atoms with Crippen LogP contribution in [0.5, 0.6) is 0 Å². The summed E-state index contributed by atoms with van der Waals surface area (Å²) in [5.41, 5.74) is 0. The summed E-state index contributed by atoms with van der Waals surface area (Å²) in [5.74, 6) is -0.0582. The Hall–Kier alpha value is -1.47. The molecule has 0 unspecified atom stereocenters. The van der Waals surface area contributed by atoms with Crippen molar-refractivity contribution in [2.75, 3.05) is 52.9 Å². The topological polar surface area (TPSA) is 81.8 Å². The number of hydrogen-bond donors (Lipinski definition) is 2. The summed E-state index contributed by atoms with van der Waals surface area (Å²) in [5, 5.41) is 5.92. The molecular formula is C16H32N4O3. The molecule has 0 spiro atoms. The van der Waals surface area contributed by atoms with Crippen molar-refractivity contribution in [1.29, 1.82) is 0 Å². The normalized spacial score (nSPS) is 10.6. The van der Waals surface area contributed by atoms with E-state index in [1.165, 1.54) is 0 Å². The van der Waals surface area contributed by atoms with E-state index >= 15 is 0 Å². The van der Waals surface area contributed by atoms with E-state index in [9.17, 15) is 14.4 Å². The Morgan fingerprint density at radius 1 is 1.09 bits per heavy atom. The molecule has 0 saturated heterocycles. The molecule has 0 aromatic carbocycles. The third kappa shape index (κ3) is 10.8.